The molecule has 31 heavy (non-hydrogen) atoms. The Morgan fingerprint density at radius 2 is 1.90 bits per heavy atom. The van der Waals surface area contributed by atoms with E-state index in [1.54, 1.807) is 29.6 Å². The van der Waals surface area contributed by atoms with Crippen LogP contribution in [-0.2, 0) is 22.1 Å². The number of hydrogen-bond donors (Lipinski definition) is 1. The van der Waals surface area contributed by atoms with Crippen LogP contribution >= 0.6 is 11.3 Å². The lowest BCUT2D eigenvalue weighted by atomic mass is 10.1. The van der Waals surface area contributed by atoms with Crippen molar-refractivity contribution < 1.29 is 27.5 Å². The Morgan fingerprint density at radius 1 is 1.16 bits per heavy atom. The lowest BCUT2D eigenvalue weighted by Crippen LogP contribution is -2.25. The van der Waals surface area contributed by atoms with E-state index in [0.717, 1.165) is 12.1 Å². The Balaban J connectivity index is 1.44. The number of benzene rings is 2. The smallest absolute Gasteiger partial charge is 0.416 e. The molecule has 0 saturated carbocycles. The maximum atomic E-state index is 12.7. The number of nitrogens with one attached hydrogen (secondary N) is 1. The highest BCUT2D eigenvalue weighted by atomic mass is 32.1. The van der Waals surface area contributed by atoms with E-state index < -0.39 is 17.8 Å². The van der Waals surface area contributed by atoms with Gasteiger partial charge in [0.25, 0.3) is 0 Å². The number of ether oxygens (including phenoxy) is 1. The number of carbonyl (C=O) groups excluding carboxylic acids is 2. The van der Waals surface area contributed by atoms with Gasteiger partial charge in [0.1, 0.15) is 11.6 Å². The molecule has 6 nitrogen and oxygen atoms in total. The van der Waals surface area contributed by atoms with Crippen LogP contribution in [0, 0.1) is 0 Å². The summed E-state index contributed by atoms with van der Waals surface area (Å²) in [6.07, 6.45) is -4.88. The van der Waals surface area contributed by atoms with Crippen LogP contribution in [0.1, 0.15) is 11.3 Å². The molecular formula is C21H16F3N3O3S. The van der Waals surface area contributed by atoms with Gasteiger partial charge in [-0.05, 0) is 24.3 Å². The van der Waals surface area contributed by atoms with Crippen molar-refractivity contribution in [2.24, 2.45) is 0 Å². The second kappa shape index (κ2) is 8.38. The van der Waals surface area contributed by atoms with Gasteiger partial charge in [-0.3, -0.25) is 9.69 Å². The fourth-order valence-corrected chi connectivity index (χ4v) is 3.93. The Bertz CT molecular complexity index is 1110. The van der Waals surface area contributed by atoms with E-state index in [1.807, 2.05) is 0 Å². The zero-order chi connectivity index (χ0) is 22.0. The van der Waals surface area contributed by atoms with Crippen LogP contribution < -0.4 is 10.2 Å². The fraction of sp³-hybridized carbons (Fsp3) is 0.190. The van der Waals surface area contributed by atoms with Gasteiger partial charge < -0.3 is 10.1 Å². The Morgan fingerprint density at radius 3 is 2.58 bits per heavy atom. The lowest BCUT2D eigenvalue weighted by Gasteiger charge is -2.17. The molecule has 0 atom stereocenters. The maximum Gasteiger partial charge on any atom is 0.416 e. The highest BCUT2D eigenvalue weighted by molar-refractivity contribution is 7.13. The highest BCUT2D eigenvalue weighted by Crippen LogP contribution is 2.32. The molecule has 2 amide bonds. The number of hydrogen-bond acceptors (Lipinski definition) is 5. The molecule has 2 aromatic carbocycles. The number of thiazole rings is 1. The minimum atomic E-state index is -4.40. The van der Waals surface area contributed by atoms with Crippen molar-refractivity contribution in [1.29, 1.82) is 0 Å². The molecule has 10 heteroatoms. The number of halogens is 3. The lowest BCUT2D eigenvalue weighted by molar-refractivity contribution is -0.137. The third-order valence-electron chi connectivity index (χ3n) is 4.58. The molecule has 3 aromatic rings. The molecule has 0 spiro atoms. The van der Waals surface area contributed by atoms with Gasteiger partial charge in [0.05, 0.1) is 35.6 Å². The molecule has 0 radical (unpaired) electrons. The number of anilines is 2. The molecule has 1 saturated heterocycles. The van der Waals surface area contributed by atoms with E-state index >= 15 is 0 Å². The van der Waals surface area contributed by atoms with E-state index in [9.17, 15) is 22.8 Å². The number of aromatic nitrogens is 1. The first-order valence-corrected chi connectivity index (χ1v) is 10.1. The number of amides is 2. The molecule has 1 aromatic heterocycles. The average Bonchev–Trinajstić information content (AvgIpc) is 3.37. The molecule has 1 aliphatic heterocycles. The largest absolute Gasteiger partial charge is 0.447 e. The van der Waals surface area contributed by atoms with Gasteiger partial charge in [-0.15, -0.1) is 11.3 Å². The van der Waals surface area contributed by atoms with Crippen LogP contribution in [0.25, 0.3) is 10.6 Å². The summed E-state index contributed by atoms with van der Waals surface area (Å²) in [4.78, 5) is 30.2. The molecule has 4 rings (SSSR count). The van der Waals surface area contributed by atoms with Crippen LogP contribution in [0.15, 0.2) is 53.9 Å². The van der Waals surface area contributed by atoms with Crippen LogP contribution in [-0.4, -0.2) is 30.1 Å². The predicted octanol–water partition coefficient (Wildman–Crippen LogP) is 4.97. The van der Waals surface area contributed by atoms with Crippen LogP contribution in [0.4, 0.5) is 29.3 Å². The van der Waals surface area contributed by atoms with Gasteiger partial charge in [-0.1, -0.05) is 24.3 Å². The minimum Gasteiger partial charge on any atom is -0.447 e. The topological polar surface area (TPSA) is 71.5 Å². The molecule has 1 aliphatic rings. The van der Waals surface area contributed by atoms with E-state index in [4.69, 9.17) is 4.74 Å². The summed E-state index contributed by atoms with van der Waals surface area (Å²) in [5.41, 5.74) is 1.33. The zero-order valence-electron chi connectivity index (χ0n) is 16.0. The monoisotopic (exact) mass is 447 g/mol. The normalized spacial score (nSPS) is 13.9. The summed E-state index contributed by atoms with van der Waals surface area (Å²) in [5.74, 6) is -0.329. The van der Waals surface area contributed by atoms with Crippen molar-refractivity contribution in [2.75, 3.05) is 23.4 Å². The van der Waals surface area contributed by atoms with Crippen LogP contribution in [0.5, 0.6) is 0 Å². The molecule has 1 fully saturated rings. The third kappa shape index (κ3) is 4.69. The second-order valence-corrected chi connectivity index (χ2v) is 7.59. The van der Waals surface area contributed by atoms with Gasteiger partial charge in [0, 0.05) is 10.9 Å². The zero-order valence-corrected chi connectivity index (χ0v) is 16.8. The maximum absolute atomic E-state index is 12.7. The second-order valence-electron chi connectivity index (χ2n) is 6.73. The number of nitrogens with zero attached hydrogens (tertiary/aromatic N) is 2. The van der Waals surface area contributed by atoms with Crippen molar-refractivity contribution in [3.63, 3.8) is 0 Å². The highest BCUT2D eigenvalue weighted by Gasteiger charge is 2.30. The van der Waals surface area contributed by atoms with E-state index in [0.29, 0.717) is 34.2 Å². The fourth-order valence-electron chi connectivity index (χ4n) is 3.11. The SMILES string of the molecule is O=C(Cc1csc(-c2ccc(C(F)(F)F)cc2)n1)Nc1ccccc1N1CCOC1=O. The van der Waals surface area contributed by atoms with Crippen molar-refractivity contribution in [3.05, 3.63) is 65.2 Å². The van der Waals surface area contributed by atoms with Gasteiger partial charge in [-0.2, -0.15) is 13.2 Å². The molecule has 0 bridgehead atoms. The Kier molecular flexibility index (Phi) is 5.64. The van der Waals surface area contributed by atoms with Gasteiger partial charge in [-0.25, -0.2) is 9.78 Å². The van der Waals surface area contributed by atoms with Crippen LogP contribution in [0.3, 0.4) is 0 Å². The average molecular weight is 447 g/mol. The molecule has 2 heterocycles. The predicted molar refractivity (Wildman–Crippen MR) is 110 cm³/mol. The number of rotatable bonds is 5. The van der Waals surface area contributed by atoms with Crippen LogP contribution in [0.2, 0.25) is 0 Å². The Labute approximate surface area is 179 Å². The summed E-state index contributed by atoms with van der Waals surface area (Å²) in [6, 6.07) is 11.6. The summed E-state index contributed by atoms with van der Waals surface area (Å²) < 4.78 is 43.1. The van der Waals surface area contributed by atoms with E-state index in [2.05, 4.69) is 10.3 Å². The number of cyclic esters (lactones) is 1. The molecule has 0 aliphatic carbocycles. The van der Waals surface area contributed by atoms with Crippen molar-refractivity contribution in [1.82, 2.24) is 4.98 Å². The number of carbonyl (C=O) groups is 2. The Hall–Kier alpha value is -3.40. The standard InChI is InChI=1S/C21H16F3N3O3S/c22-21(23,24)14-7-5-13(6-8-14)19-25-15(12-31-19)11-18(28)26-16-3-1-2-4-17(16)27-9-10-30-20(27)29/h1-8,12H,9-11H2,(H,26,28). The van der Waals surface area contributed by atoms with Crippen molar-refractivity contribution in [2.45, 2.75) is 12.6 Å². The molecule has 160 valence electrons. The quantitative estimate of drug-likeness (QED) is 0.600. The van der Waals surface area contributed by atoms with Gasteiger partial charge >= 0.3 is 12.3 Å². The first-order chi connectivity index (χ1) is 14.8. The molecular weight excluding hydrogens is 431 g/mol. The van der Waals surface area contributed by atoms with E-state index in [-0.39, 0.29) is 18.9 Å². The minimum absolute atomic E-state index is 0.0179. The molecule has 1 N–H and O–H groups in total. The first-order valence-electron chi connectivity index (χ1n) is 9.26. The molecule has 0 unspecified atom stereocenters. The summed E-state index contributed by atoms with van der Waals surface area (Å²) in [6.45, 7) is 0.682. The van der Waals surface area contributed by atoms with Crippen molar-refractivity contribution >= 4 is 34.7 Å². The number of para-hydroxylation sites is 2. The van der Waals surface area contributed by atoms with Gasteiger partial charge in [0.2, 0.25) is 5.91 Å². The van der Waals surface area contributed by atoms with Gasteiger partial charge in [0.15, 0.2) is 0 Å². The van der Waals surface area contributed by atoms with E-state index in [1.165, 1.54) is 28.4 Å². The summed E-state index contributed by atoms with van der Waals surface area (Å²) >= 11 is 1.25. The third-order valence-corrected chi connectivity index (χ3v) is 5.52. The summed E-state index contributed by atoms with van der Waals surface area (Å²) in [5, 5.41) is 5.00. The number of alkyl halides is 3. The summed E-state index contributed by atoms with van der Waals surface area (Å²) in [7, 11) is 0. The first kappa shape index (κ1) is 20.9. The van der Waals surface area contributed by atoms with Crippen molar-refractivity contribution in [3.8, 4) is 10.6 Å².